The molecule has 2 aliphatic rings. The first kappa shape index (κ1) is 25.7. The number of rotatable bonds is 7. The van der Waals surface area contributed by atoms with E-state index in [1.165, 1.54) is 19.2 Å². The van der Waals surface area contributed by atoms with Crippen molar-refractivity contribution in [2.75, 3.05) is 13.7 Å². The fraction of sp³-hybridized carbons (Fsp3) is 0.200. The molecule has 3 aromatic rings. The number of dihydropyridines is 1. The van der Waals surface area contributed by atoms with Gasteiger partial charge in [-0.15, -0.1) is 0 Å². The minimum Gasteiger partial charge on any atom is -0.490 e. The number of nitrogens with one attached hydrogen (secondary N) is 1. The van der Waals surface area contributed by atoms with Crippen LogP contribution in [0.3, 0.4) is 0 Å². The highest BCUT2D eigenvalue weighted by Crippen LogP contribution is 2.49. The van der Waals surface area contributed by atoms with Crippen LogP contribution in [-0.4, -0.2) is 25.5 Å². The number of hydrogen-bond donors (Lipinski definition) is 1. The summed E-state index contributed by atoms with van der Waals surface area (Å²) in [6.45, 7) is 4.13. The summed E-state index contributed by atoms with van der Waals surface area (Å²) in [5, 5.41) is 3.28. The number of Topliss-reactive ketones (excluding diaryl/α,β-unsaturated/α-hetero) is 1. The predicted octanol–water partition coefficient (Wildman–Crippen LogP) is 6.31. The molecule has 0 aromatic heterocycles. The lowest BCUT2D eigenvalue weighted by molar-refractivity contribution is -0.136. The van der Waals surface area contributed by atoms with Crippen LogP contribution in [0.15, 0.2) is 82.0 Å². The molecular formula is C30H25BrFNO5. The van der Waals surface area contributed by atoms with E-state index in [1.54, 1.807) is 31.2 Å². The third kappa shape index (κ3) is 4.49. The van der Waals surface area contributed by atoms with E-state index in [0.29, 0.717) is 61.8 Å². The summed E-state index contributed by atoms with van der Waals surface area (Å²) < 4.78 is 31.3. The fourth-order valence-corrected chi connectivity index (χ4v) is 5.56. The smallest absolute Gasteiger partial charge is 0.336 e. The van der Waals surface area contributed by atoms with E-state index in [9.17, 15) is 14.0 Å². The van der Waals surface area contributed by atoms with Crippen molar-refractivity contribution in [3.63, 3.8) is 0 Å². The Labute approximate surface area is 228 Å². The van der Waals surface area contributed by atoms with E-state index in [1.807, 2.05) is 31.2 Å². The van der Waals surface area contributed by atoms with Crippen LogP contribution in [0, 0.1) is 5.82 Å². The van der Waals surface area contributed by atoms with Crippen molar-refractivity contribution in [1.82, 2.24) is 5.32 Å². The van der Waals surface area contributed by atoms with Crippen LogP contribution in [0.4, 0.5) is 4.39 Å². The summed E-state index contributed by atoms with van der Waals surface area (Å²) in [6.07, 6.45) is 0. The van der Waals surface area contributed by atoms with E-state index >= 15 is 0 Å². The first-order chi connectivity index (χ1) is 18.3. The number of methoxy groups -OCH3 is 1. The molecule has 0 bridgehead atoms. The molecule has 1 aliphatic carbocycles. The van der Waals surface area contributed by atoms with Crippen molar-refractivity contribution in [1.29, 1.82) is 0 Å². The Bertz CT molecular complexity index is 1530. The molecule has 0 saturated carbocycles. The molecule has 38 heavy (non-hydrogen) atoms. The van der Waals surface area contributed by atoms with Gasteiger partial charge in [0.15, 0.2) is 17.3 Å². The van der Waals surface area contributed by atoms with Gasteiger partial charge in [0.2, 0.25) is 0 Å². The molecule has 0 saturated heterocycles. The maximum Gasteiger partial charge on any atom is 0.336 e. The maximum atomic E-state index is 13.7. The highest BCUT2D eigenvalue weighted by Gasteiger charge is 2.43. The van der Waals surface area contributed by atoms with Crippen LogP contribution in [0.25, 0.3) is 5.70 Å². The second kappa shape index (κ2) is 10.5. The molecule has 6 nitrogen and oxygen atoms in total. The van der Waals surface area contributed by atoms with Crippen molar-refractivity contribution in [2.45, 2.75) is 26.4 Å². The Balaban J connectivity index is 1.62. The molecule has 1 atom stereocenters. The van der Waals surface area contributed by atoms with Crippen molar-refractivity contribution in [3.8, 4) is 11.5 Å². The van der Waals surface area contributed by atoms with Crippen LogP contribution in [0.5, 0.6) is 11.5 Å². The Morgan fingerprint density at radius 2 is 1.82 bits per heavy atom. The molecule has 194 valence electrons. The quantitative estimate of drug-likeness (QED) is 0.332. The summed E-state index contributed by atoms with van der Waals surface area (Å²) in [5.41, 5.74) is 4.79. The lowest BCUT2D eigenvalue weighted by atomic mass is 9.79. The van der Waals surface area contributed by atoms with Gasteiger partial charge in [-0.1, -0.05) is 36.4 Å². The van der Waals surface area contributed by atoms with Gasteiger partial charge in [-0.25, -0.2) is 9.18 Å². The van der Waals surface area contributed by atoms with Crippen LogP contribution >= 0.6 is 15.9 Å². The van der Waals surface area contributed by atoms with Gasteiger partial charge in [0, 0.05) is 28.3 Å². The van der Waals surface area contributed by atoms with Crippen LogP contribution < -0.4 is 14.8 Å². The molecule has 1 heterocycles. The first-order valence-electron chi connectivity index (χ1n) is 12.1. The second-order valence-corrected chi connectivity index (χ2v) is 9.79. The number of ketones is 1. The number of fused-ring (bicyclic) bond motifs is 2. The average Bonchev–Trinajstić information content (AvgIpc) is 3.18. The third-order valence-electron chi connectivity index (χ3n) is 6.59. The molecule has 0 amide bonds. The zero-order valence-electron chi connectivity index (χ0n) is 21.1. The van der Waals surface area contributed by atoms with Gasteiger partial charge in [0.1, 0.15) is 12.4 Å². The van der Waals surface area contributed by atoms with Crippen molar-refractivity contribution < 1.29 is 28.2 Å². The molecule has 0 fully saturated rings. The Morgan fingerprint density at radius 3 is 2.53 bits per heavy atom. The van der Waals surface area contributed by atoms with E-state index in [2.05, 4.69) is 21.2 Å². The fourth-order valence-electron chi connectivity index (χ4n) is 4.98. The number of ether oxygens (including phenoxy) is 3. The van der Waals surface area contributed by atoms with Gasteiger partial charge in [-0.05, 0) is 65.2 Å². The number of carbonyl (C=O) groups is 2. The van der Waals surface area contributed by atoms with Crippen LogP contribution in [0.2, 0.25) is 0 Å². The van der Waals surface area contributed by atoms with E-state index in [4.69, 9.17) is 14.2 Å². The zero-order chi connectivity index (χ0) is 27.0. The predicted molar refractivity (Wildman–Crippen MR) is 144 cm³/mol. The van der Waals surface area contributed by atoms with Crippen molar-refractivity contribution in [2.24, 2.45) is 0 Å². The van der Waals surface area contributed by atoms with Gasteiger partial charge >= 0.3 is 5.97 Å². The maximum absolute atomic E-state index is 13.7. The monoisotopic (exact) mass is 577 g/mol. The molecule has 3 aromatic carbocycles. The molecule has 0 radical (unpaired) electrons. The van der Waals surface area contributed by atoms with Crippen LogP contribution in [-0.2, 0) is 16.1 Å². The number of carbonyl (C=O) groups excluding carboxylic acids is 2. The lowest BCUT2D eigenvalue weighted by Crippen LogP contribution is -2.29. The molecule has 1 aliphatic heterocycles. The Morgan fingerprint density at radius 1 is 1.05 bits per heavy atom. The standard InChI is InChI=1S/C30H25BrFNO5/c1-4-37-23-14-18(13-22(31)29(23)38-15-17-8-7-9-19(32)12-17)25-24(30(35)36-3)16(2)33-27-20-10-5-6-11-21(20)28(34)26(25)27/h5-14,25,33H,4,15H2,1-3H3/t25-/m0/s1. The van der Waals surface area contributed by atoms with E-state index in [-0.39, 0.29) is 18.2 Å². The van der Waals surface area contributed by atoms with Crippen molar-refractivity contribution >= 4 is 33.4 Å². The second-order valence-electron chi connectivity index (χ2n) is 8.93. The number of allylic oxidation sites excluding steroid dienone is 2. The van der Waals surface area contributed by atoms with Crippen LogP contribution in [0.1, 0.15) is 46.8 Å². The first-order valence-corrected chi connectivity index (χ1v) is 12.9. The van der Waals surface area contributed by atoms with Gasteiger partial charge in [0.05, 0.1) is 29.5 Å². The highest BCUT2D eigenvalue weighted by molar-refractivity contribution is 9.10. The molecule has 5 rings (SSSR count). The Hall–Kier alpha value is -3.91. The number of esters is 1. The SMILES string of the molecule is CCOc1cc([C@H]2C(C(=O)OC)=C(C)NC3=C2C(=O)c2ccccc23)cc(Br)c1OCc1cccc(F)c1. The minimum absolute atomic E-state index is 0.124. The summed E-state index contributed by atoms with van der Waals surface area (Å²) >= 11 is 3.60. The zero-order valence-corrected chi connectivity index (χ0v) is 22.6. The molecule has 0 spiro atoms. The third-order valence-corrected chi connectivity index (χ3v) is 7.18. The topological polar surface area (TPSA) is 73.9 Å². The molecule has 1 N–H and O–H groups in total. The Kier molecular flexibility index (Phi) is 7.08. The normalized spacial score (nSPS) is 16.1. The van der Waals surface area contributed by atoms with Gasteiger partial charge in [-0.3, -0.25) is 4.79 Å². The summed E-state index contributed by atoms with van der Waals surface area (Å²) in [6, 6.07) is 17.1. The number of hydrogen-bond acceptors (Lipinski definition) is 6. The largest absolute Gasteiger partial charge is 0.490 e. The van der Waals surface area contributed by atoms with E-state index in [0.717, 1.165) is 5.56 Å². The molecular weight excluding hydrogens is 553 g/mol. The van der Waals surface area contributed by atoms with Gasteiger partial charge in [-0.2, -0.15) is 0 Å². The van der Waals surface area contributed by atoms with Crippen molar-refractivity contribution in [3.05, 3.63) is 110 Å². The van der Waals surface area contributed by atoms with Gasteiger partial charge < -0.3 is 19.5 Å². The van der Waals surface area contributed by atoms with Gasteiger partial charge in [0.25, 0.3) is 0 Å². The number of halogens is 2. The number of benzene rings is 3. The highest BCUT2D eigenvalue weighted by atomic mass is 79.9. The lowest BCUT2D eigenvalue weighted by Gasteiger charge is -2.29. The van der Waals surface area contributed by atoms with E-state index < -0.39 is 11.9 Å². The minimum atomic E-state index is -0.702. The molecule has 0 unspecified atom stereocenters. The summed E-state index contributed by atoms with van der Waals surface area (Å²) in [7, 11) is 1.32. The average molecular weight is 578 g/mol. The summed E-state index contributed by atoms with van der Waals surface area (Å²) in [5.74, 6) is -0.867. The molecule has 8 heteroatoms. The summed E-state index contributed by atoms with van der Waals surface area (Å²) in [4.78, 5) is 26.7.